The molecule has 184 valence electrons. The molecule has 1 aliphatic heterocycles. The van der Waals surface area contributed by atoms with Gasteiger partial charge in [0.15, 0.2) is 0 Å². The van der Waals surface area contributed by atoms with Gasteiger partial charge in [-0.3, -0.25) is 0 Å². The number of para-hydroxylation sites is 1. The Labute approximate surface area is 214 Å². The third kappa shape index (κ3) is 3.98. The molecule has 0 bridgehead atoms. The molecule has 7 heteroatoms. The molecule has 3 heterocycles. The highest BCUT2D eigenvalue weighted by atomic mass is 19.1. The van der Waals surface area contributed by atoms with Gasteiger partial charge in [0.05, 0.1) is 29.7 Å². The summed E-state index contributed by atoms with van der Waals surface area (Å²) in [5.74, 6) is 0.547. The van der Waals surface area contributed by atoms with Crippen LogP contribution < -0.4 is 5.32 Å². The molecular weight excluding hydrogens is 465 g/mol. The summed E-state index contributed by atoms with van der Waals surface area (Å²) in [6.07, 6.45) is 2.02. The number of amides is 2. The van der Waals surface area contributed by atoms with Crippen LogP contribution in [0, 0.1) is 19.7 Å². The Bertz CT molecular complexity index is 1590. The molecule has 0 saturated carbocycles. The standard InChI is InChI=1S/C30H26FN5O/c1-20-15-16-23(18-26(20)31)32-30(37)35-19-25-21(2)33-36(24-12-7-4-8-13-24)29(25)34-17-9-14-27(34)28(35)22-10-5-3-6-11-22/h3-18,28H,19H2,1-2H3,(H,32,37)/t28-/m0/s1. The maximum Gasteiger partial charge on any atom is 0.322 e. The second-order valence-corrected chi connectivity index (χ2v) is 9.27. The number of fused-ring (bicyclic) bond motifs is 3. The monoisotopic (exact) mass is 491 g/mol. The van der Waals surface area contributed by atoms with Crippen LogP contribution in [0.3, 0.4) is 0 Å². The maximum atomic E-state index is 14.3. The Morgan fingerprint density at radius 1 is 0.946 bits per heavy atom. The number of anilines is 1. The van der Waals surface area contributed by atoms with Gasteiger partial charge in [0.25, 0.3) is 0 Å². The lowest BCUT2D eigenvalue weighted by atomic mass is 10.0. The summed E-state index contributed by atoms with van der Waals surface area (Å²) in [4.78, 5) is 15.7. The fourth-order valence-corrected chi connectivity index (χ4v) is 5.00. The number of urea groups is 1. The smallest absolute Gasteiger partial charge is 0.308 e. The van der Waals surface area contributed by atoms with Gasteiger partial charge < -0.3 is 14.8 Å². The van der Waals surface area contributed by atoms with Crippen LogP contribution in [0.2, 0.25) is 0 Å². The lowest BCUT2D eigenvalue weighted by Crippen LogP contribution is -2.38. The molecule has 2 amide bonds. The van der Waals surface area contributed by atoms with E-state index in [1.807, 2.05) is 90.6 Å². The van der Waals surface area contributed by atoms with Gasteiger partial charge in [-0.2, -0.15) is 5.10 Å². The van der Waals surface area contributed by atoms with Crippen molar-refractivity contribution in [2.24, 2.45) is 0 Å². The summed E-state index contributed by atoms with van der Waals surface area (Å²) >= 11 is 0. The molecule has 0 unspecified atom stereocenters. The number of aryl methyl sites for hydroxylation is 2. The van der Waals surface area contributed by atoms with Crippen molar-refractivity contribution in [3.8, 4) is 11.5 Å². The van der Waals surface area contributed by atoms with E-state index in [2.05, 4.69) is 9.88 Å². The first kappa shape index (κ1) is 22.8. The van der Waals surface area contributed by atoms with Gasteiger partial charge in [-0.1, -0.05) is 54.6 Å². The van der Waals surface area contributed by atoms with E-state index in [9.17, 15) is 9.18 Å². The van der Waals surface area contributed by atoms with E-state index in [1.165, 1.54) is 6.07 Å². The number of hydrogen-bond donors (Lipinski definition) is 1. The average Bonchev–Trinajstić information content (AvgIpc) is 3.47. The van der Waals surface area contributed by atoms with Crippen LogP contribution in [0.1, 0.15) is 34.1 Å². The van der Waals surface area contributed by atoms with E-state index in [0.29, 0.717) is 17.8 Å². The fraction of sp³-hybridized carbons (Fsp3) is 0.133. The molecule has 3 aromatic carbocycles. The minimum Gasteiger partial charge on any atom is -0.308 e. The molecule has 1 N–H and O–H groups in total. The van der Waals surface area contributed by atoms with Crippen molar-refractivity contribution in [1.82, 2.24) is 19.2 Å². The third-order valence-corrected chi connectivity index (χ3v) is 6.89. The van der Waals surface area contributed by atoms with E-state index >= 15 is 0 Å². The molecule has 6 rings (SSSR count). The molecule has 5 aromatic rings. The zero-order valence-electron chi connectivity index (χ0n) is 20.6. The highest BCUT2D eigenvalue weighted by Gasteiger charge is 2.36. The number of nitrogens with one attached hydrogen (secondary N) is 1. The van der Waals surface area contributed by atoms with Gasteiger partial charge in [-0.05, 0) is 61.4 Å². The molecule has 37 heavy (non-hydrogen) atoms. The zero-order valence-corrected chi connectivity index (χ0v) is 20.6. The molecule has 1 aliphatic rings. The minimum absolute atomic E-state index is 0.315. The normalized spacial score (nSPS) is 14.6. The van der Waals surface area contributed by atoms with Crippen LogP contribution in [0.5, 0.6) is 0 Å². The quantitative estimate of drug-likeness (QED) is 0.311. The minimum atomic E-state index is -0.373. The van der Waals surface area contributed by atoms with Gasteiger partial charge in [0, 0.05) is 17.4 Å². The largest absolute Gasteiger partial charge is 0.322 e. The van der Waals surface area contributed by atoms with Gasteiger partial charge in [-0.15, -0.1) is 0 Å². The van der Waals surface area contributed by atoms with Crippen molar-refractivity contribution in [2.75, 3.05) is 5.32 Å². The Morgan fingerprint density at radius 2 is 1.68 bits per heavy atom. The second-order valence-electron chi connectivity index (χ2n) is 9.27. The lowest BCUT2D eigenvalue weighted by Gasteiger charge is -2.31. The topological polar surface area (TPSA) is 55.1 Å². The maximum absolute atomic E-state index is 14.3. The average molecular weight is 492 g/mol. The summed E-state index contributed by atoms with van der Waals surface area (Å²) in [7, 11) is 0. The Balaban J connectivity index is 1.52. The summed E-state index contributed by atoms with van der Waals surface area (Å²) < 4.78 is 18.3. The highest BCUT2D eigenvalue weighted by molar-refractivity contribution is 5.90. The highest BCUT2D eigenvalue weighted by Crippen LogP contribution is 2.38. The van der Waals surface area contributed by atoms with E-state index in [-0.39, 0.29) is 17.9 Å². The van der Waals surface area contributed by atoms with Crippen molar-refractivity contribution in [3.63, 3.8) is 0 Å². The first-order chi connectivity index (χ1) is 18.0. The molecule has 2 aromatic heterocycles. The van der Waals surface area contributed by atoms with Crippen LogP contribution in [0.25, 0.3) is 11.5 Å². The van der Waals surface area contributed by atoms with Crippen LogP contribution in [-0.2, 0) is 6.54 Å². The zero-order chi connectivity index (χ0) is 25.5. The number of rotatable bonds is 3. The first-order valence-corrected chi connectivity index (χ1v) is 12.2. The van der Waals surface area contributed by atoms with Gasteiger partial charge >= 0.3 is 6.03 Å². The van der Waals surface area contributed by atoms with Crippen molar-refractivity contribution in [1.29, 1.82) is 0 Å². The van der Waals surface area contributed by atoms with E-state index in [0.717, 1.165) is 34.0 Å². The van der Waals surface area contributed by atoms with Crippen LogP contribution in [0.4, 0.5) is 14.9 Å². The number of benzene rings is 3. The SMILES string of the molecule is Cc1ccc(NC(=O)N2Cc3c(C)nn(-c4ccccc4)c3-n3cccc3[C@@H]2c2ccccc2)cc1F. The summed E-state index contributed by atoms with van der Waals surface area (Å²) in [5, 5.41) is 7.80. The second kappa shape index (κ2) is 9.09. The van der Waals surface area contributed by atoms with Gasteiger partial charge in [-0.25, -0.2) is 13.9 Å². The van der Waals surface area contributed by atoms with E-state index < -0.39 is 0 Å². The summed E-state index contributed by atoms with van der Waals surface area (Å²) in [5.41, 5.74) is 5.59. The Morgan fingerprint density at radius 3 is 2.41 bits per heavy atom. The van der Waals surface area contributed by atoms with Crippen molar-refractivity contribution >= 4 is 11.7 Å². The molecule has 6 nitrogen and oxygen atoms in total. The van der Waals surface area contributed by atoms with E-state index in [1.54, 1.807) is 24.0 Å². The number of aromatic nitrogens is 3. The molecular formula is C30H26FN5O. The molecule has 0 fully saturated rings. The fourth-order valence-electron chi connectivity index (χ4n) is 5.00. The van der Waals surface area contributed by atoms with Gasteiger partial charge in [0.1, 0.15) is 11.6 Å². The van der Waals surface area contributed by atoms with Crippen molar-refractivity contribution in [2.45, 2.75) is 26.4 Å². The Kier molecular flexibility index (Phi) is 5.60. The van der Waals surface area contributed by atoms with Crippen LogP contribution >= 0.6 is 0 Å². The van der Waals surface area contributed by atoms with Gasteiger partial charge in [0.2, 0.25) is 0 Å². The predicted octanol–water partition coefficient (Wildman–Crippen LogP) is 6.56. The molecule has 0 aliphatic carbocycles. The summed E-state index contributed by atoms with van der Waals surface area (Å²) in [6, 6.07) is 28.0. The van der Waals surface area contributed by atoms with E-state index in [4.69, 9.17) is 5.10 Å². The molecule has 1 atom stereocenters. The van der Waals surface area contributed by atoms with Crippen LogP contribution in [0.15, 0.2) is 97.2 Å². The number of hydrogen-bond acceptors (Lipinski definition) is 2. The summed E-state index contributed by atoms with van der Waals surface area (Å²) in [6.45, 7) is 4.00. The third-order valence-electron chi connectivity index (χ3n) is 6.89. The number of carbonyl (C=O) groups excluding carboxylic acids is 1. The molecule has 0 saturated heterocycles. The predicted molar refractivity (Wildman–Crippen MR) is 142 cm³/mol. The van der Waals surface area contributed by atoms with Crippen LogP contribution in [-0.4, -0.2) is 25.3 Å². The number of halogens is 1. The number of carbonyl (C=O) groups is 1. The Hall–Kier alpha value is -4.65. The number of nitrogens with zero attached hydrogens (tertiary/aromatic N) is 4. The molecule has 0 spiro atoms. The first-order valence-electron chi connectivity index (χ1n) is 12.2. The lowest BCUT2D eigenvalue weighted by molar-refractivity contribution is 0.194. The molecule has 0 radical (unpaired) electrons. The van der Waals surface area contributed by atoms with Crippen molar-refractivity contribution in [3.05, 3.63) is 131 Å². The van der Waals surface area contributed by atoms with Crippen molar-refractivity contribution < 1.29 is 9.18 Å².